The molecule has 0 aliphatic heterocycles. The van der Waals surface area contributed by atoms with Crippen LogP contribution in [0, 0.1) is 10.8 Å². The van der Waals surface area contributed by atoms with Crippen molar-refractivity contribution in [1.29, 1.82) is 0 Å². The molecular weight excluding hydrogens is 352 g/mol. The van der Waals surface area contributed by atoms with Crippen LogP contribution in [0.15, 0.2) is 11.1 Å². The standard InChI is InChI=1S/C20H30O5S/c1-7-10-26-16-12-13(15(17(16,3)4)25-11(2)21)18(5,23)20(8-9-20)19(6,24)14(12)22/h15-16,23-24H,7-10H2,1-6H3/t15-,16+,18+,19+/m1/s1. The summed E-state index contributed by atoms with van der Waals surface area (Å²) in [7, 11) is 0. The van der Waals surface area contributed by atoms with Gasteiger partial charge in [0.25, 0.3) is 0 Å². The lowest BCUT2D eigenvalue weighted by Gasteiger charge is -2.48. The van der Waals surface area contributed by atoms with Crippen molar-refractivity contribution in [3.8, 4) is 0 Å². The van der Waals surface area contributed by atoms with Gasteiger partial charge in [-0.3, -0.25) is 9.59 Å². The maximum Gasteiger partial charge on any atom is 0.303 e. The first-order valence-corrected chi connectivity index (χ1v) is 10.4. The summed E-state index contributed by atoms with van der Waals surface area (Å²) in [5.41, 5.74) is -3.46. The zero-order valence-electron chi connectivity index (χ0n) is 16.5. The Morgan fingerprint density at radius 2 is 1.77 bits per heavy atom. The summed E-state index contributed by atoms with van der Waals surface area (Å²) in [6.45, 7) is 10.6. The van der Waals surface area contributed by atoms with Crippen molar-refractivity contribution in [2.75, 3.05) is 5.75 Å². The van der Waals surface area contributed by atoms with E-state index in [4.69, 9.17) is 4.74 Å². The summed E-state index contributed by atoms with van der Waals surface area (Å²) in [5.74, 6) is 0.106. The van der Waals surface area contributed by atoms with E-state index in [1.165, 1.54) is 13.8 Å². The topological polar surface area (TPSA) is 83.8 Å². The van der Waals surface area contributed by atoms with Gasteiger partial charge in [0.05, 0.1) is 5.60 Å². The number of hydrogen-bond acceptors (Lipinski definition) is 6. The number of hydrogen-bond donors (Lipinski definition) is 2. The smallest absolute Gasteiger partial charge is 0.303 e. The lowest BCUT2D eigenvalue weighted by atomic mass is 9.61. The van der Waals surface area contributed by atoms with E-state index in [2.05, 4.69) is 6.92 Å². The maximum atomic E-state index is 13.4. The molecule has 0 aromatic carbocycles. The number of carbonyl (C=O) groups excluding carboxylic acids is 2. The highest BCUT2D eigenvalue weighted by Crippen LogP contribution is 2.70. The van der Waals surface area contributed by atoms with Crippen molar-refractivity contribution in [3.05, 3.63) is 11.1 Å². The Kier molecular flexibility index (Phi) is 4.46. The van der Waals surface area contributed by atoms with Crippen molar-refractivity contribution in [2.24, 2.45) is 10.8 Å². The van der Waals surface area contributed by atoms with Crippen LogP contribution in [-0.4, -0.2) is 50.3 Å². The summed E-state index contributed by atoms with van der Waals surface area (Å²) in [6, 6.07) is 0. The number of thioether (sulfide) groups is 1. The van der Waals surface area contributed by atoms with Crippen molar-refractivity contribution >= 4 is 23.5 Å². The molecule has 0 heterocycles. The third kappa shape index (κ3) is 2.31. The number of carbonyl (C=O) groups is 2. The van der Waals surface area contributed by atoms with Gasteiger partial charge in [0.15, 0.2) is 5.78 Å². The van der Waals surface area contributed by atoms with E-state index >= 15 is 0 Å². The second kappa shape index (κ2) is 5.82. The lowest BCUT2D eigenvalue weighted by Crippen LogP contribution is -2.61. The molecule has 0 amide bonds. The van der Waals surface area contributed by atoms with Gasteiger partial charge in [0, 0.05) is 34.1 Å². The van der Waals surface area contributed by atoms with Gasteiger partial charge < -0.3 is 14.9 Å². The molecule has 0 unspecified atom stereocenters. The molecule has 6 heteroatoms. The predicted molar refractivity (Wildman–Crippen MR) is 101 cm³/mol. The molecule has 4 atom stereocenters. The van der Waals surface area contributed by atoms with Crippen molar-refractivity contribution in [1.82, 2.24) is 0 Å². The minimum atomic E-state index is -1.61. The van der Waals surface area contributed by atoms with Crippen molar-refractivity contribution in [3.63, 3.8) is 0 Å². The molecule has 1 saturated carbocycles. The molecule has 0 bridgehead atoms. The van der Waals surface area contributed by atoms with E-state index in [9.17, 15) is 19.8 Å². The zero-order valence-corrected chi connectivity index (χ0v) is 17.3. The van der Waals surface area contributed by atoms with E-state index in [-0.39, 0.29) is 11.0 Å². The Bertz CT molecular complexity index is 684. The number of esters is 1. The largest absolute Gasteiger partial charge is 0.457 e. The molecule has 0 saturated heterocycles. The number of ether oxygens (including phenoxy) is 1. The monoisotopic (exact) mass is 382 g/mol. The zero-order chi connectivity index (χ0) is 19.7. The Hall–Kier alpha value is -0.850. The van der Waals surface area contributed by atoms with Gasteiger partial charge in [-0.05, 0) is 38.9 Å². The molecule has 0 aromatic rings. The maximum absolute atomic E-state index is 13.4. The van der Waals surface area contributed by atoms with E-state index in [1.807, 2.05) is 13.8 Å². The summed E-state index contributed by atoms with van der Waals surface area (Å²) in [4.78, 5) is 25.2. The van der Waals surface area contributed by atoms with Gasteiger partial charge in [-0.1, -0.05) is 20.8 Å². The predicted octanol–water partition coefficient (Wildman–Crippen LogP) is 2.63. The van der Waals surface area contributed by atoms with Crippen LogP contribution >= 0.6 is 11.8 Å². The van der Waals surface area contributed by atoms with Crippen LogP contribution in [0.5, 0.6) is 0 Å². The molecule has 2 N–H and O–H groups in total. The average Bonchev–Trinajstić information content (AvgIpc) is 3.29. The van der Waals surface area contributed by atoms with Gasteiger partial charge in [0.2, 0.25) is 0 Å². The van der Waals surface area contributed by atoms with Crippen molar-refractivity contribution < 1.29 is 24.5 Å². The number of ketones is 1. The summed E-state index contributed by atoms with van der Waals surface area (Å²) >= 11 is 1.64. The van der Waals surface area contributed by atoms with Crippen LogP contribution in [0.1, 0.15) is 60.8 Å². The van der Waals surface area contributed by atoms with Crippen LogP contribution in [0.25, 0.3) is 0 Å². The minimum Gasteiger partial charge on any atom is -0.457 e. The molecule has 146 valence electrons. The Labute approximate surface area is 159 Å². The molecule has 5 nitrogen and oxygen atoms in total. The fourth-order valence-electron chi connectivity index (χ4n) is 5.14. The van der Waals surface area contributed by atoms with Crippen LogP contribution in [0.2, 0.25) is 0 Å². The van der Waals surface area contributed by atoms with Crippen LogP contribution < -0.4 is 0 Å². The fraction of sp³-hybridized carbons (Fsp3) is 0.800. The second-order valence-electron chi connectivity index (χ2n) is 8.94. The SMILES string of the molecule is CCCS[C@H]1C2=C([C@@H](OC(C)=O)C1(C)C)[C@](C)(O)C1(CC1)[C@@](C)(O)C2=O. The highest BCUT2D eigenvalue weighted by Gasteiger charge is 2.76. The lowest BCUT2D eigenvalue weighted by molar-refractivity contribution is -0.163. The molecule has 0 radical (unpaired) electrons. The van der Waals surface area contributed by atoms with E-state index in [0.717, 1.165) is 12.2 Å². The number of rotatable bonds is 4. The number of Topliss-reactive ketones (excluding diaryl/α,β-unsaturated/α-hetero) is 1. The molecule has 0 aromatic heterocycles. The van der Waals surface area contributed by atoms with Crippen molar-refractivity contribution in [2.45, 2.75) is 83.4 Å². The van der Waals surface area contributed by atoms with Gasteiger partial charge in [-0.25, -0.2) is 0 Å². The highest BCUT2D eigenvalue weighted by molar-refractivity contribution is 8.00. The molecule has 1 spiro atoms. The van der Waals surface area contributed by atoms with Gasteiger partial charge >= 0.3 is 5.97 Å². The van der Waals surface area contributed by atoms with E-state index in [1.54, 1.807) is 18.7 Å². The van der Waals surface area contributed by atoms with E-state index in [0.29, 0.717) is 24.0 Å². The first-order chi connectivity index (χ1) is 11.9. The molecule has 3 aliphatic carbocycles. The Morgan fingerprint density at radius 3 is 2.23 bits per heavy atom. The summed E-state index contributed by atoms with van der Waals surface area (Å²) in [6.07, 6.45) is 1.44. The third-order valence-corrected chi connectivity index (χ3v) is 8.58. The molecule has 3 aliphatic rings. The fourth-order valence-corrected chi connectivity index (χ4v) is 6.57. The molecule has 1 fully saturated rings. The minimum absolute atomic E-state index is 0.233. The molecular formula is C20H30O5S. The average molecular weight is 383 g/mol. The number of aliphatic hydroxyl groups is 2. The second-order valence-corrected chi connectivity index (χ2v) is 10.2. The normalized spacial score (nSPS) is 39.9. The first kappa shape index (κ1) is 19.9. The van der Waals surface area contributed by atoms with Gasteiger partial charge in [0.1, 0.15) is 11.7 Å². The highest BCUT2D eigenvalue weighted by atomic mass is 32.2. The Balaban J connectivity index is 2.23. The quantitative estimate of drug-likeness (QED) is 0.727. The molecule has 3 rings (SSSR count). The third-order valence-electron chi connectivity index (χ3n) is 6.76. The first-order valence-electron chi connectivity index (χ1n) is 9.39. The van der Waals surface area contributed by atoms with Crippen LogP contribution in [0.3, 0.4) is 0 Å². The molecule has 26 heavy (non-hydrogen) atoms. The van der Waals surface area contributed by atoms with Gasteiger partial charge in [-0.2, -0.15) is 11.8 Å². The Morgan fingerprint density at radius 1 is 1.19 bits per heavy atom. The summed E-state index contributed by atoms with van der Waals surface area (Å²) < 4.78 is 5.68. The van der Waals surface area contributed by atoms with E-state index < -0.39 is 34.1 Å². The van der Waals surface area contributed by atoms with Gasteiger partial charge in [-0.15, -0.1) is 0 Å². The van der Waals surface area contributed by atoms with Crippen LogP contribution in [-0.2, 0) is 14.3 Å². The summed E-state index contributed by atoms with van der Waals surface area (Å²) in [5, 5.41) is 22.5. The van der Waals surface area contributed by atoms with Crippen LogP contribution in [0.4, 0.5) is 0 Å².